The lowest BCUT2D eigenvalue weighted by molar-refractivity contribution is -0.127. The second-order valence-corrected chi connectivity index (χ2v) is 5.40. The Balaban J connectivity index is 1.80. The molecule has 0 spiro atoms. The SMILES string of the molecule is CC1OC(C)C(C(=O)NCC2COCCN2)C1C. The fourth-order valence-electron chi connectivity index (χ4n) is 2.81. The van der Waals surface area contributed by atoms with E-state index in [4.69, 9.17) is 9.47 Å². The molecule has 2 saturated heterocycles. The Labute approximate surface area is 109 Å². The van der Waals surface area contributed by atoms with Crippen LogP contribution in [0.4, 0.5) is 0 Å². The Kier molecular flexibility index (Phi) is 4.59. The maximum Gasteiger partial charge on any atom is 0.226 e. The summed E-state index contributed by atoms with van der Waals surface area (Å²) in [6.07, 6.45) is 0.164. The van der Waals surface area contributed by atoms with Crippen LogP contribution in [0, 0.1) is 11.8 Å². The van der Waals surface area contributed by atoms with Gasteiger partial charge in [-0.25, -0.2) is 0 Å². The molecule has 18 heavy (non-hydrogen) atoms. The molecule has 2 fully saturated rings. The van der Waals surface area contributed by atoms with E-state index in [-0.39, 0.29) is 36.0 Å². The first-order valence-corrected chi connectivity index (χ1v) is 6.84. The van der Waals surface area contributed by atoms with Gasteiger partial charge in [0.15, 0.2) is 0 Å². The average molecular weight is 256 g/mol. The molecule has 2 aliphatic heterocycles. The minimum absolute atomic E-state index is 0.00515. The molecule has 0 radical (unpaired) electrons. The maximum absolute atomic E-state index is 12.2. The van der Waals surface area contributed by atoms with Gasteiger partial charge in [-0.05, 0) is 19.8 Å². The summed E-state index contributed by atoms with van der Waals surface area (Å²) in [5.41, 5.74) is 0. The average Bonchev–Trinajstić information content (AvgIpc) is 2.62. The van der Waals surface area contributed by atoms with Gasteiger partial charge in [0.25, 0.3) is 0 Å². The van der Waals surface area contributed by atoms with E-state index in [1.54, 1.807) is 0 Å². The van der Waals surface area contributed by atoms with Crippen molar-refractivity contribution in [1.29, 1.82) is 0 Å². The van der Waals surface area contributed by atoms with Crippen molar-refractivity contribution < 1.29 is 14.3 Å². The van der Waals surface area contributed by atoms with Crippen molar-refractivity contribution in [2.45, 2.75) is 39.0 Å². The van der Waals surface area contributed by atoms with Crippen molar-refractivity contribution in [3.63, 3.8) is 0 Å². The Hall–Kier alpha value is -0.650. The van der Waals surface area contributed by atoms with E-state index >= 15 is 0 Å². The Morgan fingerprint density at radius 2 is 2.11 bits per heavy atom. The van der Waals surface area contributed by atoms with Gasteiger partial charge in [0, 0.05) is 19.1 Å². The number of hydrogen-bond donors (Lipinski definition) is 2. The van der Waals surface area contributed by atoms with Gasteiger partial charge >= 0.3 is 0 Å². The lowest BCUT2D eigenvalue weighted by atomic mass is 9.89. The van der Waals surface area contributed by atoms with Crippen LogP contribution in [-0.4, -0.2) is 50.5 Å². The highest BCUT2D eigenvalue weighted by Crippen LogP contribution is 2.32. The predicted octanol–water partition coefficient (Wildman–Crippen LogP) is 0.151. The van der Waals surface area contributed by atoms with Crippen molar-refractivity contribution in [3.05, 3.63) is 0 Å². The summed E-state index contributed by atoms with van der Waals surface area (Å²) in [4.78, 5) is 12.2. The third kappa shape index (κ3) is 3.02. The Morgan fingerprint density at radius 1 is 1.33 bits per heavy atom. The third-order valence-corrected chi connectivity index (χ3v) is 4.07. The zero-order valence-electron chi connectivity index (χ0n) is 11.4. The fourth-order valence-corrected chi connectivity index (χ4v) is 2.81. The summed E-state index contributed by atoms with van der Waals surface area (Å²) in [7, 11) is 0. The number of carbonyl (C=O) groups excluding carboxylic acids is 1. The van der Waals surface area contributed by atoms with Crippen LogP contribution in [0.15, 0.2) is 0 Å². The first-order valence-electron chi connectivity index (χ1n) is 6.84. The number of rotatable bonds is 3. The summed E-state index contributed by atoms with van der Waals surface area (Å²) in [5, 5.41) is 6.34. The van der Waals surface area contributed by atoms with Gasteiger partial charge in [-0.2, -0.15) is 0 Å². The predicted molar refractivity (Wildman–Crippen MR) is 68.3 cm³/mol. The van der Waals surface area contributed by atoms with Gasteiger partial charge in [0.2, 0.25) is 5.91 Å². The van der Waals surface area contributed by atoms with Crippen LogP contribution in [0.3, 0.4) is 0 Å². The minimum atomic E-state index is -0.0375. The second kappa shape index (κ2) is 5.99. The standard InChI is InChI=1S/C13H24N2O3/c1-8-9(2)18-10(3)12(8)13(16)15-6-11-7-17-5-4-14-11/h8-12,14H,4-7H2,1-3H3,(H,15,16). The number of morpholine rings is 1. The number of ether oxygens (including phenoxy) is 2. The molecular formula is C13H24N2O3. The van der Waals surface area contributed by atoms with E-state index < -0.39 is 0 Å². The van der Waals surface area contributed by atoms with Gasteiger partial charge in [-0.3, -0.25) is 4.79 Å². The van der Waals surface area contributed by atoms with Crippen molar-refractivity contribution in [3.8, 4) is 0 Å². The maximum atomic E-state index is 12.2. The van der Waals surface area contributed by atoms with Crippen molar-refractivity contribution in [2.24, 2.45) is 11.8 Å². The first kappa shape index (κ1) is 13.8. The highest BCUT2D eigenvalue weighted by Gasteiger charge is 2.41. The minimum Gasteiger partial charge on any atom is -0.378 e. The van der Waals surface area contributed by atoms with Crippen molar-refractivity contribution in [1.82, 2.24) is 10.6 Å². The lowest BCUT2D eigenvalue weighted by Crippen LogP contribution is -2.50. The van der Waals surface area contributed by atoms with E-state index in [2.05, 4.69) is 17.6 Å². The lowest BCUT2D eigenvalue weighted by Gasteiger charge is -2.25. The largest absolute Gasteiger partial charge is 0.378 e. The van der Waals surface area contributed by atoms with Gasteiger partial charge in [-0.15, -0.1) is 0 Å². The van der Waals surface area contributed by atoms with E-state index in [0.717, 1.165) is 13.2 Å². The number of hydrogen-bond acceptors (Lipinski definition) is 4. The molecule has 2 heterocycles. The van der Waals surface area contributed by atoms with Crippen LogP contribution in [0.1, 0.15) is 20.8 Å². The molecule has 0 bridgehead atoms. The fraction of sp³-hybridized carbons (Fsp3) is 0.923. The third-order valence-electron chi connectivity index (χ3n) is 4.07. The van der Waals surface area contributed by atoms with E-state index in [1.807, 2.05) is 13.8 Å². The monoisotopic (exact) mass is 256 g/mol. The number of carbonyl (C=O) groups is 1. The molecule has 5 heteroatoms. The zero-order valence-corrected chi connectivity index (χ0v) is 11.4. The highest BCUT2D eigenvalue weighted by atomic mass is 16.5. The van der Waals surface area contributed by atoms with Crippen LogP contribution in [0.5, 0.6) is 0 Å². The molecule has 5 unspecified atom stereocenters. The molecule has 2 rings (SSSR count). The smallest absolute Gasteiger partial charge is 0.226 e. The highest BCUT2D eigenvalue weighted by molar-refractivity contribution is 5.79. The molecule has 0 saturated carbocycles. The van der Waals surface area contributed by atoms with Crippen LogP contribution >= 0.6 is 0 Å². The van der Waals surface area contributed by atoms with Crippen LogP contribution in [-0.2, 0) is 14.3 Å². The molecule has 104 valence electrons. The quantitative estimate of drug-likeness (QED) is 0.755. The summed E-state index contributed by atoms with van der Waals surface area (Å²) < 4.78 is 11.1. The van der Waals surface area contributed by atoms with Crippen LogP contribution in [0.2, 0.25) is 0 Å². The Morgan fingerprint density at radius 3 is 2.67 bits per heavy atom. The molecule has 0 aromatic heterocycles. The molecular weight excluding hydrogens is 232 g/mol. The van der Waals surface area contributed by atoms with E-state index in [1.165, 1.54) is 0 Å². The van der Waals surface area contributed by atoms with E-state index in [0.29, 0.717) is 13.2 Å². The molecule has 1 amide bonds. The summed E-state index contributed by atoms with van der Waals surface area (Å²) in [5.74, 6) is 0.340. The van der Waals surface area contributed by atoms with Crippen LogP contribution in [0.25, 0.3) is 0 Å². The van der Waals surface area contributed by atoms with E-state index in [9.17, 15) is 4.79 Å². The zero-order chi connectivity index (χ0) is 13.1. The number of amides is 1. The molecule has 2 aliphatic rings. The molecule has 0 aromatic rings. The van der Waals surface area contributed by atoms with Gasteiger partial charge < -0.3 is 20.1 Å². The summed E-state index contributed by atoms with van der Waals surface area (Å²) in [6, 6.07) is 0.230. The second-order valence-electron chi connectivity index (χ2n) is 5.40. The molecule has 2 N–H and O–H groups in total. The summed E-state index contributed by atoms with van der Waals surface area (Å²) in [6.45, 7) is 9.01. The van der Waals surface area contributed by atoms with Gasteiger partial charge in [0.05, 0.1) is 31.3 Å². The van der Waals surface area contributed by atoms with Crippen LogP contribution < -0.4 is 10.6 Å². The molecule has 0 aliphatic carbocycles. The first-order chi connectivity index (χ1) is 8.59. The summed E-state index contributed by atoms with van der Waals surface area (Å²) >= 11 is 0. The normalized spacial score (nSPS) is 40.7. The topological polar surface area (TPSA) is 59.6 Å². The number of nitrogens with one attached hydrogen (secondary N) is 2. The molecule has 5 nitrogen and oxygen atoms in total. The molecule has 0 aromatic carbocycles. The Bertz CT molecular complexity index is 292. The van der Waals surface area contributed by atoms with Gasteiger partial charge in [-0.1, -0.05) is 6.92 Å². The molecule has 5 atom stereocenters. The van der Waals surface area contributed by atoms with Gasteiger partial charge in [0.1, 0.15) is 0 Å². The van der Waals surface area contributed by atoms with Crippen molar-refractivity contribution in [2.75, 3.05) is 26.3 Å². The van der Waals surface area contributed by atoms with Crippen molar-refractivity contribution >= 4 is 5.91 Å².